The van der Waals surface area contributed by atoms with Gasteiger partial charge in [-0.1, -0.05) is 19.0 Å². The number of halogens is 3. The summed E-state index contributed by atoms with van der Waals surface area (Å²) in [6.07, 6.45) is -6.26. The summed E-state index contributed by atoms with van der Waals surface area (Å²) in [4.78, 5) is 4.09. The van der Waals surface area contributed by atoms with Gasteiger partial charge in [-0.3, -0.25) is 0 Å². The molecule has 21 heavy (non-hydrogen) atoms. The van der Waals surface area contributed by atoms with Gasteiger partial charge in [0, 0.05) is 16.8 Å². The third-order valence-corrected chi connectivity index (χ3v) is 6.61. The fourth-order valence-corrected chi connectivity index (χ4v) is 5.09. The van der Waals surface area contributed by atoms with Crippen LogP contribution in [0, 0.1) is 0 Å². The van der Waals surface area contributed by atoms with Crippen LogP contribution < -0.4 is 0 Å². The number of hydrogen-bond donors (Lipinski definition) is 1. The lowest BCUT2D eigenvalue weighted by molar-refractivity contribution is -0.210. The van der Waals surface area contributed by atoms with Crippen molar-refractivity contribution in [1.29, 1.82) is 0 Å². The van der Waals surface area contributed by atoms with E-state index in [4.69, 9.17) is 4.52 Å². The average molecular weight is 342 g/mol. The molecule has 4 atom stereocenters. The van der Waals surface area contributed by atoms with Gasteiger partial charge in [-0.2, -0.15) is 29.9 Å². The quantitative estimate of drug-likeness (QED) is 0.905. The second-order valence-electron chi connectivity index (χ2n) is 4.87. The Hall–Kier alpha value is -0.410. The second kappa shape index (κ2) is 6.78. The molecule has 4 unspecified atom stereocenters. The molecule has 4 nitrogen and oxygen atoms in total. The zero-order valence-electron chi connectivity index (χ0n) is 11.6. The number of nitrogens with zero attached hydrogens (tertiary/aromatic N) is 2. The predicted octanol–water partition coefficient (Wildman–Crippen LogP) is 3.40. The van der Waals surface area contributed by atoms with Gasteiger partial charge >= 0.3 is 6.18 Å². The van der Waals surface area contributed by atoms with Crippen molar-refractivity contribution in [3.05, 3.63) is 11.7 Å². The number of aromatic nitrogens is 2. The lowest BCUT2D eigenvalue weighted by Gasteiger charge is -2.27. The molecule has 1 saturated heterocycles. The summed E-state index contributed by atoms with van der Waals surface area (Å²) in [5.74, 6) is 0.994. The van der Waals surface area contributed by atoms with Crippen LogP contribution in [0.3, 0.4) is 0 Å². The van der Waals surface area contributed by atoms with E-state index in [1.165, 1.54) is 6.92 Å². The maximum absolute atomic E-state index is 12.5. The van der Waals surface area contributed by atoms with Gasteiger partial charge < -0.3 is 9.63 Å². The van der Waals surface area contributed by atoms with Crippen molar-refractivity contribution in [2.75, 3.05) is 11.5 Å². The van der Waals surface area contributed by atoms with Crippen molar-refractivity contribution in [1.82, 2.24) is 10.1 Å². The van der Waals surface area contributed by atoms with E-state index in [9.17, 15) is 18.3 Å². The van der Waals surface area contributed by atoms with Gasteiger partial charge in [-0.25, -0.2) is 0 Å². The molecule has 0 saturated carbocycles. The minimum Gasteiger partial charge on any atom is -0.383 e. The molecule has 2 heterocycles. The molecule has 1 aliphatic heterocycles. The molecule has 1 aromatic rings. The highest BCUT2D eigenvalue weighted by molar-refractivity contribution is 8.06. The topological polar surface area (TPSA) is 59.2 Å². The largest absolute Gasteiger partial charge is 0.415 e. The van der Waals surface area contributed by atoms with Crippen LogP contribution in [-0.2, 0) is 0 Å². The zero-order chi connectivity index (χ0) is 15.6. The summed E-state index contributed by atoms with van der Waals surface area (Å²) in [6.45, 7) is 3.29. The summed E-state index contributed by atoms with van der Waals surface area (Å²) in [5, 5.41) is 13.4. The summed E-state index contributed by atoms with van der Waals surface area (Å²) in [5.41, 5.74) is 0. The molecule has 0 spiro atoms. The van der Waals surface area contributed by atoms with Crippen LogP contribution in [0.15, 0.2) is 4.52 Å². The molecule has 0 amide bonds. The fourth-order valence-electron chi connectivity index (χ4n) is 2.11. The Balaban J connectivity index is 2.13. The van der Waals surface area contributed by atoms with Gasteiger partial charge in [0.25, 0.3) is 0 Å². The SMILES string of the molecule is CCC1SCCSC1c1noc(C(C)C(O)C(F)(F)F)n1. The molecule has 120 valence electrons. The third kappa shape index (κ3) is 3.87. The zero-order valence-corrected chi connectivity index (χ0v) is 13.3. The van der Waals surface area contributed by atoms with Gasteiger partial charge in [0.1, 0.15) is 0 Å². The second-order valence-corrected chi connectivity index (χ2v) is 7.47. The number of alkyl halides is 3. The van der Waals surface area contributed by atoms with E-state index in [-0.39, 0.29) is 11.1 Å². The minimum atomic E-state index is -4.70. The number of hydrogen-bond acceptors (Lipinski definition) is 6. The minimum absolute atomic E-state index is 0.0291. The molecular weight excluding hydrogens is 325 g/mol. The van der Waals surface area contributed by atoms with Crippen LogP contribution in [0.1, 0.15) is 43.2 Å². The normalized spacial score (nSPS) is 26.6. The van der Waals surface area contributed by atoms with Crippen LogP contribution in [-0.4, -0.2) is 44.3 Å². The van der Waals surface area contributed by atoms with Crippen LogP contribution in [0.4, 0.5) is 13.2 Å². The van der Waals surface area contributed by atoms with E-state index in [1.54, 1.807) is 11.8 Å². The lowest BCUT2D eigenvalue weighted by Crippen LogP contribution is -2.33. The Morgan fingerprint density at radius 3 is 2.67 bits per heavy atom. The molecular formula is C12H17F3N2O2S2. The molecule has 2 rings (SSSR count). The smallest absolute Gasteiger partial charge is 0.383 e. The van der Waals surface area contributed by atoms with E-state index in [0.29, 0.717) is 11.1 Å². The van der Waals surface area contributed by atoms with Crippen molar-refractivity contribution in [3.63, 3.8) is 0 Å². The van der Waals surface area contributed by atoms with Gasteiger partial charge in [0.05, 0.1) is 11.2 Å². The van der Waals surface area contributed by atoms with Crippen LogP contribution in [0.5, 0.6) is 0 Å². The molecule has 0 radical (unpaired) electrons. The van der Waals surface area contributed by atoms with E-state index in [0.717, 1.165) is 17.9 Å². The summed E-state index contributed by atoms with van der Waals surface area (Å²) in [6, 6.07) is 0. The van der Waals surface area contributed by atoms with Crippen molar-refractivity contribution in [2.24, 2.45) is 0 Å². The van der Waals surface area contributed by atoms with Gasteiger partial charge in [0.15, 0.2) is 11.9 Å². The number of rotatable bonds is 4. The van der Waals surface area contributed by atoms with Crippen molar-refractivity contribution >= 4 is 23.5 Å². The van der Waals surface area contributed by atoms with E-state index in [2.05, 4.69) is 17.1 Å². The third-order valence-electron chi connectivity index (χ3n) is 3.36. The van der Waals surface area contributed by atoms with E-state index >= 15 is 0 Å². The van der Waals surface area contributed by atoms with E-state index in [1.807, 2.05) is 11.8 Å². The van der Waals surface area contributed by atoms with Gasteiger partial charge in [-0.05, 0) is 6.42 Å². The Morgan fingerprint density at radius 1 is 1.38 bits per heavy atom. The predicted molar refractivity (Wildman–Crippen MR) is 76.5 cm³/mol. The first kappa shape index (κ1) is 17.0. The summed E-state index contributed by atoms with van der Waals surface area (Å²) in [7, 11) is 0. The Kier molecular flexibility index (Phi) is 5.48. The van der Waals surface area contributed by atoms with E-state index < -0.39 is 18.2 Å². The summed E-state index contributed by atoms with van der Waals surface area (Å²) >= 11 is 3.52. The number of aliphatic hydroxyl groups is 1. The standard InChI is InChI=1S/C12H17F3N2O2S2/c1-3-7-8(21-5-4-20-7)10-16-11(19-17-10)6(2)9(18)12(13,14)15/h6-9,18H,3-5H2,1-2H3. The highest BCUT2D eigenvalue weighted by atomic mass is 32.2. The first-order chi connectivity index (χ1) is 9.84. The molecule has 0 aromatic carbocycles. The highest BCUT2D eigenvalue weighted by Crippen LogP contribution is 2.43. The molecule has 1 N–H and O–H groups in total. The Bertz CT molecular complexity index is 470. The molecule has 0 bridgehead atoms. The molecule has 1 fully saturated rings. The Morgan fingerprint density at radius 2 is 2.05 bits per heavy atom. The molecule has 1 aliphatic rings. The maximum atomic E-state index is 12.5. The van der Waals surface area contributed by atoms with Crippen molar-refractivity contribution < 1.29 is 22.8 Å². The fraction of sp³-hybridized carbons (Fsp3) is 0.833. The van der Waals surface area contributed by atoms with Crippen LogP contribution in [0.2, 0.25) is 0 Å². The lowest BCUT2D eigenvalue weighted by atomic mass is 10.0. The number of aliphatic hydroxyl groups excluding tert-OH is 1. The first-order valence-corrected chi connectivity index (χ1v) is 8.75. The summed E-state index contributed by atoms with van der Waals surface area (Å²) < 4.78 is 42.5. The van der Waals surface area contributed by atoms with Crippen LogP contribution >= 0.6 is 23.5 Å². The first-order valence-electron chi connectivity index (χ1n) is 6.66. The molecule has 0 aliphatic carbocycles. The van der Waals surface area contributed by atoms with Gasteiger partial charge in [0.2, 0.25) is 5.89 Å². The highest BCUT2D eigenvalue weighted by Gasteiger charge is 2.44. The van der Waals surface area contributed by atoms with Crippen molar-refractivity contribution in [2.45, 2.75) is 49.0 Å². The van der Waals surface area contributed by atoms with Gasteiger partial charge in [-0.15, -0.1) is 11.8 Å². The average Bonchev–Trinajstić information content (AvgIpc) is 2.94. The maximum Gasteiger partial charge on any atom is 0.415 e. The monoisotopic (exact) mass is 342 g/mol. The molecule has 1 aromatic heterocycles. The van der Waals surface area contributed by atoms with Crippen molar-refractivity contribution in [3.8, 4) is 0 Å². The van der Waals surface area contributed by atoms with Crippen LogP contribution in [0.25, 0.3) is 0 Å². The Labute approximate surface area is 129 Å². The number of thioether (sulfide) groups is 2. The molecule has 9 heteroatoms.